The van der Waals surface area contributed by atoms with Gasteiger partial charge in [0.1, 0.15) is 0 Å². The van der Waals surface area contributed by atoms with Crippen LogP contribution in [0.3, 0.4) is 0 Å². The molecule has 126 valence electrons. The maximum Gasteiger partial charge on any atom is 0.162 e. The van der Waals surface area contributed by atoms with Crippen molar-refractivity contribution in [2.75, 3.05) is 39.4 Å². The van der Waals surface area contributed by atoms with E-state index in [0.29, 0.717) is 24.0 Å². The highest BCUT2D eigenvalue weighted by Gasteiger charge is 2.10. The smallest absolute Gasteiger partial charge is 0.162 e. The second-order valence-corrected chi connectivity index (χ2v) is 5.37. The number of nitrogens with zero attached hydrogens (tertiary/aromatic N) is 1. The molecule has 0 aliphatic rings. The van der Waals surface area contributed by atoms with E-state index in [9.17, 15) is 0 Å². The van der Waals surface area contributed by atoms with E-state index in [0.717, 1.165) is 44.0 Å². The summed E-state index contributed by atoms with van der Waals surface area (Å²) in [6.07, 6.45) is 0. The van der Waals surface area contributed by atoms with Gasteiger partial charge in [-0.3, -0.25) is 0 Å². The first kappa shape index (κ1) is 19.1. The minimum atomic E-state index is 0.595. The second kappa shape index (κ2) is 10.7. The summed E-state index contributed by atoms with van der Waals surface area (Å²) in [6, 6.07) is 3.82. The van der Waals surface area contributed by atoms with Crippen molar-refractivity contribution in [3.8, 4) is 11.5 Å². The first-order valence-electron chi connectivity index (χ1n) is 8.17. The number of nitrogens with one attached hydrogen (secondary N) is 1. The van der Waals surface area contributed by atoms with E-state index in [1.807, 2.05) is 26.0 Å². The third-order valence-electron chi connectivity index (χ3n) is 3.53. The Balaban J connectivity index is 2.64. The summed E-state index contributed by atoms with van der Waals surface area (Å²) in [5.41, 5.74) is 1.04. The molecular formula is C17H29ClN2O2. The van der Waals surface area contributed by atoms with Crippen molar-refractivity contribution in [3.63, 3.8) is 0 Å². The fourth-order valence-electron chi connectivity index (χ4n) is 2.25. The summed E-state index contributed by atoms with van der Waals surface area (Å²) in [5, 5.41) is 4.15. The monoisotopic (exact) mass is 328 g/mol. The summed E-state index contributed by atoms with van der Waals surface area (Å²) in [4.78, 5) is 2.39. The molecule has 0 saturated carbocycles. The number of hydrogen-bond acceptors (Lipinski definition) is 4. The lowest BCUT2D eigenvalue weighted by Crippen LogP contribution is -2.31. The molecule has 0 aliphatic heterocycles. The van der Waals surface area contributed by atoms with Crippen molar-refractivity contribution in [2.24, 2.45) is 0 Å². The minimum absolute atomic E-state index is 0.595. The number of likely N-dealkylation sites (N-methyl/N-ethyl adjacent to an activating group) is 1. The van der Waals surface area contributed by atoms with Gasteiger partial charge in [-0.25, -0.2) is 0 Å². The molecule has 0 saturated heterocycles. The van der Waals surface area contributed by atoms with Crippen LogP contribution in [0.4, 0.5) is 0 Å². The number of halogens is 1. The zero-order valence-electron chi connectivity index (χ0n) is 14.2. The molecule has 22 heavy (non-hydrogen) atoms. The number of benzene rings is 1. The second-order valence-electron chi connectivity index (χ2n) is 4.96. The fourth-order valence-corrected chi connectivity index (χ4v) is 2.47. The summed E-state index contributed by atoms with van der Waals surface area (Å²) in [7, 11) is 0. The van der Waals surface area contributed by atoms with E-state index >= 15 is 0 Å². The minimum Gasteiger partial charge on any atom is -0.490 e. The summed E-state index contributed by atoms with van der Waals surface area (Å²) in [5.74, 6) is 1.47. The SMILES string of the molecule is CCOc1cc(Cl)c(CNCCN(CC)CC)cc1OCC. The molecule has 0 unspecified atom stereocenters. The number of rotatable bonds is 11. The maximum absolute atomic E-state index is 6.35. The van der Waals surface area contributed by atoms with Gasteiger partial charge in [0.2, 0.25) is 0 Å². The lowest BCUT2D eigenvalue weighted by molar-refractivity contribution is 0.287. The molecule has 4 nitrogen and oxygen atoms in total. The Bertz CT molecular complexity index is 437. The molecular weight excluding hydrogens is 300 g/mol. The van der Waals surface area contributed by atoms with Gasteiger partial charge >= 0.3 is 0 Å². The topological polar surface area (TPSA) is 33.7 Å². The molecule has 0 heterocycles. The number of hydrogen-bond donors (Lipinski definition) is 1. The van der Waals surface area contributed by atoms with Crippen LogP contribution in [0.1, 0.15) is 33.3 Å². The van der Waals surface area contributed by atoms with Gasteiger partial charge in [0.15, 0.2) is 11.5 Å². The Hall–Kier alpha value is -0.970. The van der Waals surface area contributed by atoms with Crippen molar-refractivity contribution in [3.05, 3.63) is 22.7 Å². The standard InChI is InChI=1S/C17H29ClN2O2/c1-5-20(6-2)10-9-19-13-14-11-16(21-7-3)17(22-8-4)12-15(14)18/h11-12,19H,5-10,13H2,1-4H3. The Morgan fingerprint density at radius 2 is 1.59 bits per heavy atom. The molecule has 5 heteroatoms. The van der Waals surface area contributed by atoms with Crippen molar-refractivity contribution in [1.82, 2.24) is 10.2 Å². The average molecular weight is 329 g/mol. The summed E-state index contributed by atoms with van der Waals surface area (Å²) < 4.78 is 11.2. The van der Waals surface area contributed by atoms with Crippen LogP contribution in [0.25, 0.3) is 0 Å². The predicted molar refractivity (Wildman–Crippen MR) is 93.3 cm³/mol. The first-order chi connectivity index (χ1) is 10.7. The molecule has 0 atom stereocenters. The normalized spacial score (nSPS) is 11.0. The molecule has 0 amide bonds. The van der Waals surface area contributed by atoms with Crippen molar-refractivity contribution in [1.29, 1.82) is 0 Å². The van der Waals surface area contributed by atoms with E-state index in [1.54, 1.807) is 0 Å². The predicted octanol–water partition coefficient (Wildman–Crippen LogP) is 3.57. The van der Waals surface area contributed by atoms with E-state index < -0.39 is 0 Å². The van der Waals surface area contributed by atoms with Gasteiger partial charge in [0.25, 0.3) is 0 Å². The van der Waals surface area contributed by atoms with E-state index in [1.165, 1.54) is 0 Å². The van der Waals surface area contributed by atoms with Crippen LogP contribution in [0.2, 0.25) is 5.02 Å². The van der Waals surface area contributed by atoms with Crippen molar-refractivity contribution >= 4 is 11.6 Å². The quantitative estimate of drug-likeness (QED) is 0.630. The summed E-state index contributed by atoms with van der Waals surface area (Å²) >= 11 is 6.35. The van der Waals surface area contributed by atoms with E-state index in [-0.39, 0.29) is 0 Å². The molecule has 1 rings (SSSR count). The van der Waals surface area contributed by atoms with Gasteiger partial charge in [0, 0.05) is 30.7 Å². The highest BCUT2D eigenvalue weighted by Crippen LogP contribution is 2.33. The molecule has 0 aliphatic carbocycles. The Morgan fingerprint density at radius 1 is 1.00 bits per heavy atom. The molecule has 1 N–H and O–H groups in total. The van der Waals surface area contributed by atoms with Crippen LogP contribution in [0, 0.1) is 0 Å². The zero-order valence-corrected chi connectivity index (χ0v) is 15.0. The van der Waals surface area contributed by atoms with Crippen LogP contribution in [0.15, 0.2) is 12.1 Å². The van der Waals surface area contributed by atoms with Gasteiger partial charge in [0.05, 0.1) is 13.2 Å². The third-order valence-corrected chi connectivity index (χ3v) is 3.88. The van der Waals surface area contributed by atoms with Gasteiger partial charge in [-0.1, -0.05) is 25.4 Å². The van der Waals surface area contributed by atoms with E-state index in [2.05, 4.69) is 24.1 Å². The molecule has 0 bridgehead atoms. The van der Waals surface area contributed by atoms with Gasteiger partial charge in [-0.05, 0) is 38.6 Å². The van der Waals surface area contributed by atoms with Gasteiger partial charge in [-0.15, -0.1) is 0 Å². The molecule has 1 aromatic carbocycles. The Kier molecular flexibility index (Phi) is 9.28. The molecule has 0 radical (unpaired) electrons. The van der Waals surface area contributed by atoms with Crippen LogP contribution in [-0.2, 0) is 6.54 Å². The summed E-state index contributed by atoms with van der Waals surface area (Å²) in [6.45, 7) is 14.4. The van der Waals surface area contributed by atoms with E-state index in [4.69, 9.17) is 21.1 Å². The first-order valence-corrected chi connectivity index (χ1v) is 8.55. The zero-order chi connectivity index (χ0) is 16.4. The molecule has 0 fully saturated rings. The fraction of sp³-hybridized carbons (Fsp3) is 0.647. The van der Waals surface area contributed by atoms with Crippen LogP contribution in [-0.4, -0.2) is 44.3 Å². The van der Waals surface area contributed by atoms with Gasteiger partial charge < -0.3 is 19.7 Å². The highest BCUT2D eigenvalue weighted by atomic mass is 35.5. The Labute approximate surface area is 139 Å². The Morgan fingerprint density at radius 3 is 2.14 bits per heavy atom. The van der Waals surface area contributed by atoms with Crippen molar-refractivity contribution in [2.45, 2.75) is 34.2 Å². The highest BCUT2D eigenvalue weighted by molar-refractivity contribution is 6.31. The lowest BCUT2D eigenvalue weighted by Gasteiger charge is -2.18. The largest absolute Gasteiger partial charge is 0.490 e. The van der Waals surface area contributed by atoms with Gasteiger partial charge in [-0.2, -0.15) is 0 Å². The third kappa shape index (κ3) is 6.03. The van der Waals surface area contributed by atoms with Crippen molar-refractivity contribution < 1.29 is 9.47 Å². The maximum atomic E-state index is 6.35. The lowest BCUT2D eigenvalue weighted by atomic mass is 10.2. The number of ether oxygens (including phenoxy) is 2. The molecule has 0 aromatic heterocycles. The van der Waals surface area contributed by atoms with Crippen LogP contribution < -0.4 is 14.8 Å². The van der Waals surface area contributed by atoms with Crippen LogP contribution in [0.5, 0.6) is 11.5 Å². The molecule has 1 aromatic rings. The average Bonchev–Trinajstić information content (AvgIpc) is 2.51. The molecule has 0 spiro atoms. The van der Waals surface area contributed by atoms with Crippen LogP contribution >= 0.6 is 11.6 Å².